The minimum Gasteiger partial charge on any atom is -0.463 e. The molecule has 0 saturated carbocycles. The average molecular weight is 1400 g/mol. The van der Waals surface area contributed by atoms with Crippen molar-refractivity contribution in [2.24, 2.45) is 0 Å². The van der Waals surface area contributed by atoms with Gasteiger partial charge in [0.25, 0.3) is 0 Å². The van der Waals surface area contributed by atoms with Gasteiger partial charge in [-0.05, 0) is 135 Å². The van der Waals surface area contributed by atoms with E-state index in [2.05, 4.69) is 167 Å². The maximum atomic E-state index is 12.9. The number of unbranched alkanes of at least 4 members (excludes halogenated alkanes) is 22. The predicted octanol–water partition coefficient (Wildman–Crippen LogP) is 21.3. The van der Waals surface area contributed by atoms with Gasteiger partial charge in [0.1, 0.15) is 25.4 Å². The number of hydrogen-bond donors (Lipinski definition) is 4. The molecule has 0 rings (SSSR count). The third-order valence-electron chi connectivity index (χ3n) is 15.0. The second-order valence-corrected chi connectivity index (χ2v) is 27.2. The summed E-state index contributed by atoms with van der Waals surface area (Å²) in [5, 5.41) is 20.6. The third-order valence-corrected chi connectivity index (χ3v) is 16.9. The quantitative estimate of drug-likeness (QED) is 0.0146. The highest BCUT2D eigenvalue weighted by atomic mass is 31.2. The Morgan fingerprint density at radius 3 is 0.876 bits per heavy atom. The Labute approximate surface area is 587 Å². The average Bonchev–Trinajstić information content (AvgIpc) is 1.85. The molecule has 0 aromatic carbocycles. The van der Waals surface area contributed by atoms with Gasteiger partial charge in [-0.2, -0.15) is 0 Å². The molecule has 0 saturated heterocycles. The summed E-state index contributed by atoms with van der Waals surface area (Å²) >= 11 is 0. The van der Waals surface area contributed by atoms with Crippen LogP contribution in [0.3, 0.4) is 0 Å². The van der Waals surface area contributed by atoms with E-state index in [1.807, 2.05) is 0 Å². The van der Waals surface area contributed by atoms with Crippen molar-refractivity contribution in [2.45, 2.75) is 296 Å². The van der Waals surface area contributed by atoms with Crippen LogP contribution in [0, 0.1) is 0 Å². The van der Waals surface area contributed by atoms with E-state index in [0.29, 0.717) is 19.3 Å². The Morgan fingerprint density at radius 2 is 0.546 bits per heavy atom. The lowest BCUT2D eigenvalue weighted by Gasteiger charge is -2.21. The topological polar surface area (TPSA) is 231 Å². The van der Waals surface area contributed by atoms with Crippen molar-refractivity contribution < 1.29 is 75.8 Å². The first-order valence-electron chi connectivity index (χ1n) is 37.1. The summed E-state index contributed by atoms with van der Waals surface area (Å²) in [6.45, 7) is 2.36. The van der Waals surface area contributed by atoms with E-state index in [1.54, 1.807) is 0 Å². The molecule has 0 aromatic heterocycles. The molecule has 0 amide bonds. The van der Waals surface area contributed by atoms with Gasteiger partial charge < -0.3 is 34.2 Å². The van der Waals surface area contributed by atoms with Crippen LogP contribution in [0.25, 0.3) is 0 Å². The van der Waals surface area contributed by atoms with Gasteiger partial charge in [-0.15, -0.1) is 0 Å². The van der Waals surface area contributed by atoms with Gasteiger partial charge in [-0.25, -0.2) is 9.13 Å². The first-order chi connectivity index (χ1) is 47.2. The molecule has 554 valence electrons. The molecule has 0 aliphatic rings. The van der Waals surface area contributed by atoms with Crippen LogP contribution in [0.2, 0.25) is 0 Å². The van der Waals surface area contributed by atoms with Crippen molar-refractivity contribution in [3.8, 4) is 0 Å². The lowest BCUT2D eigenvalue weighted by atomic mass is 10.1. The van der Waals surface area contributed by atoms with E-state index >= 15 is 0 Å². The number of rotatable bonds is 69. The van der Waals surface area contributed by atoms with Gasteiger partial charge in [-0.3, -0.25) is 32.5 Å². The summed E-state index contributed by atoms with van der Waals surface area (Å²) in [4.78, 5) is 58.5. The summed E-state index contributed by atoms with van der Waals surface area (Å²) < 4.78 is 60.9. The normalized spacial score (nSPS) is 14.9. The van der Waals surface area contributed by atoms with Crippen LogP contribution in [0.5, 0.6) is 0 Å². The molecular formula is C79H132O16P2. The molecule has 0 bridgehead atoms. The molecule has 0 spiro atoms. The zero-order valence-corrected chi connectivity index (χ0v) is 62.0. The first-order valence-corrected chi connectivity index (χ1v) is 40.1. The van der Waals surface area contributed by atoms with E-state index in [9.17, 15) is 43.5 Å². The molecule has 97 heavy (non-hydrogen) atoms. The number of phosphoric acid groups is 2. The number of allylic oxidation sites excluding steroid dienone is 24. The van der Waals surface area contributed by atoms with Gasteiger partial charge in [-0.1, -0.05) is 269 Å². The zero-order valence-electron chi connectivity index (χ0n) is 60.2. The maximum Gasteiger partial charge on any atom is 0.472 e. The van der Waals surface area contributed by atoms with Gasteiger partial charge in [0.05, 0.1) is 26.4 Å². The number of phosphoric ester groups is 2. The number of esters is 3. The lowest BCUT2D eigenvalue weighted by molar-refractivity contribution is -0.161. The molecule has 0 fully saturated rings. The number of ether oxygens (including phenoxy) is 3. The van der Waals surface area contributed by atoms with E-state index in [1.165, 1.54) is 38.5 Å². The second-order valence-electron chi connectivity index (χ2n) is 24.3. The highest BCUT2D eigenvalue weighted by Crippen LogP contribution is 2.45. The smallest absolute Gasteiger partial charge is 0.463 e. The third kappa shape index (κ3) is 72.5. The molecular weight excluding hydrogens is 1270 g/mol. The van der Waals surface area contributed by atoms with Crippen molar-refractivity contribution in [3.63, 3.8) is 0 Å². The fourth-order valence-corrected chi connectivity index (χ4v) is 11.0. The highest BCUT2D eigenvalue weighted by molar-refractivity contribution is 7.47. The Bertz CT molecular complexity index is 2350. The number of carbonyl (C=O) groups is 3. The standard InChI is InChI=1S/C79H132O16P2/c1-4-7-10-13-16-19-22-24-26-28-30-32-34-36-38-40-42-44-46-48-51-53-56-59-62-65-77(82)89-68-74(80)69-91-96(85,86)92-70-75(81)71-93-97(87,88)94-73-76(95-79(84)67-64-61-58-55-50-21-18-15-12-9-6-3)72-90-78(83)66-63-60-57-54-52-49-47-45-43-41-39-37-35-33-31-29-27-25-23-20-17-14-11-8-5-2/h7-8,10-11,15-20,24-27,30-33,36-39,42,44,74-76,80-81H,4-6,9,12-14,21-23,28-29,34-35,40-41,43,45-73H2,1-3H3,(H,85,86)(H,87,88)/b10-7-,11-8-,18-15-,19-16-,20-17-,26-24-,27-25-,32-30-,33-31-,38-36-,39-37-,44-42-. The number of aliphatic hydroxyl groups excluding tert-OH is 2. The molecule has 5 unspecified atom stereocenters. The Morgan fingerprint density at radius 1 is 0.299 bits per heavy atom. The zero-order chi connectivity index (χ0) is 70.9. The molecule has 4 N–H and O–H groups in total. The van der Waals surface area contributed by atoms with Crippen LogP contribution in [0.15, 0.2) is 146 Å². The molecule has 5 atom stereocenters. The van der Waals surface area contributed by atoms with Crippen molar-refractivity contribution >= 4 is 33.6 Å². The van der Waals surface area contributed by atoms with Gasteiger partial charge in [0.2, 0.25) is 0 Å². The number of aliphatic hydroxyl groups is 2. The molecule has 0 aromatic rings. The van der Waals surface area contributed by atoms with Crippen LogP contribution in [0.4, 0.5) is 0 Å². The molecule has 0 heterocycles. The molecule has 16 nitrogen and oxygen atoms in total. The molecule has 18 heteroatoms. The van der Waals surface area contributed by atoms with Gasteiger partial charge >= 0.3 is 33.6 Å². The van der Waals surface area contributed by atoms with Crippen LogP contribution in [-0.2, 0) is 55.8 Å². The molecule has 0 aliphatic carbocycles. The summed E-state index contributed by atoms with van der Waals surface area (Å²) in [6.07, 6.45) is 86.2. The van der Waals surface area contributed by atoms with E-state index in [-0.39, 0.29) is 19.3 Å². The summed E-state index contributed by atoms with van der Waals surface area (Å²) in [7, 11) is -9.79. The maximum absolute atomic E-state index is 12.9. The minimum absolute atomic E-state index is 0.0889. The van der Waals surface area contributed by atoms with Gasteiger partial charge in [0, 0.05) is 19.3 Å². The Kier molecular flexibility index (Phi) is 67.9. The fourth-order valence-electron chi connectivity index (χ4n) is 9.40. The fraction of sp³-hybridized carbons (Fsp3) is 0.658. The van der Waals surface area contributed by atoms with Crippen molar-refractivity contribution in [1.29, 1.82) is 0 Å². The highest BCUT2D eigenvalue weighted by Gasteiger charge is 2.29. The van der Waals surface area contributed by atoms with Crippen LogP contribution >= 0.6 is 15.6 Å². The van der Waals surface area contributed by atoms with E-state index in [4.69, 9.17) is 32.3 Å². The van der Waals surface area contributed by atoms with E-state index < -0.39 is 91.5 Å². The Balaban J connectivity index is 4.55. The largest absolute Gasteiger partial charge is 0.472 e. The number of carbonyl (C=O) groups excluding carboxylic acids is 3. The van der Waals surface area contributed by atoms with Gasteiger partial charge in [0.15, 0.2) is 6.10 Å². The SMILES string of the molecule is CC/C=C\C/C=C\C/C=C\C/C=C\C/C=C\C/C=C\CCCCCCCCC(=O)OCC(O)COP(=O)(O)OCC(O)COP(=O)(O)OCC(COC(=O)CCCCCCCCCCC/C=C\C/C=C\C/C=C\C/C=C\C/C=C\CC)OC(=O)CCCCCCC/C=C\CCCC. The molecule has 0 radical (unpaired) electrons. The molecule has 0 aliphatic heterocycles. The lowest BCUT2D eigenvalue weighted by Crippen LogP contribution is -2.30. The van der Waals surface area contributed by atoms with Crippen LogP contribution in [-0.4, -0.2) is 95.9 Å². The summed E-state index contributed by atoms with van der Waals surface area (Å²) in [6, 6.07) is 0. The minimum atomic E-state index is -4.93. The van der Waals surface area contributed by atoms with Crippen molar-refractivity contribution in [1.82, 2.24) is 0 Å². The van der Waals surface area contributed by atoms with Crippen molar-refractivity contribution in [3.05, 3.63) is 146 Å². The van der Waals surface area contributed by atoms with E-state index in [0.717, 1.165) is 180 Å². The van der Waals surface area contributed by atoms with Crippen LogP contribution < -0.4 is 0 Å². The summed E-state index contributed by atoms with van der Waals surface area (Å²) in [5.74, 6) is -1.61. The predicted molar refractivity (Wildman–Crippen MR) is 399 cm³/mol. The monoisotopic (exact) mass is 1400 g/mol. The first kappa shape index (κ1) is 92.4. The summed E-state index contributed by atoms with van der Waals surface area (Å²) in [5.41, 5.74) is 0. The van der Waals surface area contributed by atoms with Crippen molar-refractivity contribution in [2.75, 3.05) is 39.6 Å². The number of hydrogen-bond acceptors (Lipinski definition) is 14. The Hall–Kier alpha value is -4.57. The second kappa shape index (κ2) is 71.3. The van der Waals surface area contributed by atoms with Crippen LogP contribution in [0.1, 0.15) is 278 Å².